The lowest BCUT2D eigenvalue weighted by molar-refractivity contribution is 0.0846. The zero-order valence-corrected chi connectivity index (χ0v) is 24.2. The molecule has 4 aromatic carbocycles. The summed E-state index contributed by atoms with van der Waals surface area (Å²) in [7, 11) is -2.34. The van der Waals surface area contributed by atoms with Crippen molar-refractivity contribution < 1.29 is 22.7 Å². The van der Waals surface area contributed by atoms with Gasteiger partial charge in [0.15, 0.2) is 0 Å². The summed E-state index contributed by atoms with van der Waals surface area (Å²) in [6, 6.07) is 27.3. The van der Waals surface area contributed by atoms with Crippen LogP contribution in [0.25, 0.3) is 0 Å². The molecule has 0 spiro atoms. The normalized spacial score (nSPS) is 11.1. The van der Waals surface area contributed by atoms with Crippen LogP contribution in [0.5, 0.6) is 5.75 Å². The molecule has 0 bridgehead atoms. The lowest BCUT2D eigenvalue weighted by atomic mass is 10.0. The molecule has 212 valence electrons. The fourth-order valence-corrected chi connectivity index (χ4v) is 5.32. The zero-order valence-electron chi connectivity index (χ0n) is 23.4. The first-order valence-electron chi connectivity index (χ1n) is 13.1. The van der Waals surface area contributed by atoms with E-state index in [0.717, 1.165) is 22.4 Å². The van der Waals surface area contributed by atoms with E-state index in [0.29, 0.717) is 23.8 Å². The highest BCUT2D eigenvalue weighted by Gasteiger charge is 2.21. The Balaban J connectivity index is 1.32. The topological polar surface area (TPSA) is 105 Å². The van der Waals surface area contributed by atoms with E-state index in [1.165, 1.54) is 35.6 Å². The number of hydrogen-bond acceptors (Lipinski definition) is 5. The molecule has 2 N–H and O–H groups in total. The summed E-state index contributed by atoms with van der Waals surface area (Å²) in [6.07, 6.45) is 0. The molecule has 0 fully saturated rings. The van der Waals surface area contributed by atoms with E-state index in [9.17, 15) is 18.0 Å². The third-order valence-corrected chi connectivity index (χ3v) is 8.39. The Morgan fingerprint density at radius 2 is 1.37 bits per heavy atom. The minimum absolute atomic E-state index is 0.0383. The minimum Gasteiger partial charge on any atom is -0.489 e. The SMILES string of the molecule is Cc1ccc(C(C)C)c(OCc2ccc(C(=O)NNC(=O)c3ccc(S(=O)(=O)N(C)c4ccccc4)cc3)cc2)c1. The van der Waals surface area contributed by atoms with Crippen LogP contribution in [0, 0.1) is 6.92 Å². The van der Waals surface area contributed by atoms with Gasteiger partial charge in [0, 0.05) is 18.2 Å². The van der Waals surface area contributed by atoms with Gasteiger partial charge in [-0.2, -0.15) is 0 Å². The smallest absolute Gasteiger partial charge is 0.269 e. The number of benzene rings is 4. The van der Waals surface area contributed by atoms with Gasteiger partial charge in [-0.1, -0.05) is 56.3 Å². The number of nitrogens with zero attached hydrogens (tertiary/aromatic N) is 1. The summed E-state index contributed by atoms with van der Waals surface area (Å²) in [5.74, 6) is 0.107. The third kappa shape index (κ3) is 7.12. The molecule has 0 aliphatic rings. The average Bonchev–Trinajstić information content (AvgIpc) is 2.98. The van der Waals surface area contributed by atoms with E-state index >= 15 is 0 Å². The fourth-order valence-electron chi connectivity index (χ4n) is 4.13. The number of carbonyl (C=O) groups is 2. The van der Waals surface area contributed by atoms with E-state index in [1.54, 1.807) is 54.6 Å². The molecular formula is C32H33N3O5S. The number of para-hydroxylation sites is 1. The molecule has 4 aromatic rings. The zero-order chi connectivity index (χ0) is 29.6. The highest BCUT2D eigenvalue weighted by Crippen LogP contribution is 2.28. The Kier molecular flexibility index (Phi) is 9.09. The summed E-state index contributed by atoms with van der Waals surface area (Å²) in [5, 5.41) is 0. The summed E-state index contributed by atoms with van der Waals surface area (Å²) in [5.41, 5.74) is 8.98. The van der Waals surface area contributed by atoms with Gasteiger partial charge < -0.3 is 4.74 Å². The lowest BCUT2D eigenvalue weighted by Crippen LogP contribution is -2.41. The number of amides is 2. The lowest BCUT2D eigenvalue weighted by Gasteiger charge is -2.19. The van der Waals surface area contributed by atoms with Gasteiger partial charge in [0.1, 0.15) is 12.4 Å². The molecule has 0 aliphatic heterocycles. The number of carbonyl (C=O) groups excluding carboxylic acids is 2. The van der Waals surface area contributed by atoms with Crippen molar-refractivity contribution in [1.82, 2.24) is 10.9 Å². The van der Waals surface area contributed by atoms with Gasteiger partial charge in [-0.25, -0.2) is 8.42 Å². The number of nitrogens with one attached hydrogen (secondary N) is 2. The quantitative estimate of drug-likeness (QED) is 0.255. The first kappa shape index (κ1) is 29.4. The van der Waals surface area contributed by atoms with Crippen molar-refractivity contribution >= 4 is 27.5 Å². The highest BCUT2D eigenvalue weighted by molar-refractivity contribution is 7.92. The van der Waals surface area contributed by atoms with Gasteiger partial charge in [0.05, 0.1) is 10.6 Å². The Hall–Kier alpha value is -4.63. The summed E-state index contributed by atoms with van der Waals surface area (Å²) < 4.78 is 33.1. The fraction of sp³-hybridized carbons (Fsp3) is 0.188. The van der Waals surface area contributed by atoms with E-state index in [2.05, 4.69) is 36.8 Å². The van der Waals surface area contributed by atoms with Gasteiger partial charge in [-0.3, -0.25) is 24.7 Å². The maximum Gasteiger partial charge on any atom is 0.269 e. The van der Waals surface area contributed by atoms with Crippen LogP contribution >= 0.6 is 0 Å². The molecule has 9 heteroatoms. The van der Waals surface area contributed by atoms with Crippen molar-refractivity contribution in [3.8, 4) is 5.75 Å². The number of rotatable bonds is 9. The van der Waals surface area contributed by atoms with Gasteiger partial charge >= 0.3 is 0 Å². The van der Waals surface area contributed by atoms with Gasteiger partial charge in [0.2, 0.25) is 0 Å². The van der Waals surface area contributed by atoms with Crippen LogP contribution in [0.15, 0.2) is 102 Å². The van der Waals surface area contributed by atoms with Crippen LogP contribution < -0.4 is 19.9 Å². The molecule has 0 heterocycles. The molecule has 2 amide bonds. The Morgan fingerprint density at radius 1 is 0.805 bits per heavy atom. The van der Waals surface area contributed by atoms with Crippen molar-refractivity contribution in [2.75, 3.05) is 11.4 Å². The number of hydrogen-bond donors (Lipinski definition) is 2. The maximum absolute atomic E-state index is 12.9. The van der Waals surface area contributed by atoms with E-state index in [1.807, 2.05) is 13.0 Å². The van der Waals surface area contributed by atoms with Crippen LogP contribution in [0.1, 0.15) is 57.2 Å². The number of hydrazine groups is 1. The Labute approximate surface area is 241 Å². The van der Waals surface area contributed by atoms with Crippen LogP contribution in [0.2, 0.25) is 0 Å². The number of anilines is 1. The van der Waals surface area contributed by atoms with Crippen molar-refractivity contribution in [2.45, 2.75) is 38.2 Å². The summed E-state index contributed by atoms with van der Waals surface area (Å²) >= 11 is 0. The molecule has 0 saturated carbocycles. The number of aryl methyl sites for hydroxylation is 1. The average molecular weight is 572 g/mol. The predicted octanol–water partition coefficient (Wildman–Crippen LogP) is 5.60. The molecule has 0 radical (unpaired) electrons. The van der Waals surface area contributed by atoms with Crippen LogP contribution in [-0.2, 0) is 16.6 Å². The first-order valence-corrected chi connectivity index (χ1v) is 14.6. The van der Waals surface area contributed by atoms with Crippen LogP contribution in [0.4, 0.5) is 5.69 Å². The molecule has 0 saturated heterocycles. The first-order chi connectivity index (χ1) is 19.6. The van der Waals surface area contributed by atoms with Crippen molar-refractivity contribution in [2.24, 2.45) is 0 Å². The van der Waals surface area contributed by atoms with Crippen LogP contribution in [0.3, 0.4) is 0 Å². The minimum atomic E-state index is -3.81. The largest absolute Gasteiger partial charge is 0.489 e. The molecule has 0 unspecified atom stereocenters. The van der Waals surface area contributed by atoms with Gasteiger partial charge in [0.25, 0.3) is 21.8 Å². The summed E-state index contributed by atoms with van der Waals surface area (Å²) in [6.45, 7) is 6.62. The Bertz CT molecular complexity index is 1620. The molecule has 0 atom stereocenters. The second kappa shape index (κ2) is 12.7. The molecule has 41 heavy (non-hydrogen) atoms. The van der Waals surface area contributed by atoms with E-state index in [4.69, 9.17) is 4.74 Å². The maximum atomic E-state index is 12.9. The number of ether oxygens (including phenoxy) is 1. The summed E-state index contributed by atoms with van der Waals surface area (Å²) in [4.78, 5) is 25.2. The molecule has 4 rings (SSSR count). The second-order valence-corrected chi connectivity index (χ2v) is 11.9. The molecule has 0 aromatic heterocycles. The van der Waals surface area contributed by atoms with Gasteiger partial charge in [-0.15, -0.1) is 0 Å². The molecule has 0 aliphatic carbocycles. The van der Waals surface area contributed by atoms with E-state index < -0.39 is 21.8 Å². The second-order valence-electron chi connectivity index (χ2n) is 9.92. The van der Waals surface area contributed by atoms with Crippen molar-refractivity contribution in [3.63, 3.8) is 0 Å². The Morgan fingerprint density at radius 3 is 1.93 bits per heavy atom. The van der Waals surface area contributed by atoms with Gasteiger partial charge in [-0.05, 0) is 84.1 Å². The van der Waals surface area contributed by atoms with Crippen molar-refractivity contribution in [3.05, 3.63) is 125 Å². The molecular weight excluding hydrogens is 538 g/mol. The van der Waals surface area contributed by atoms with Crippen LogP contribution in [-0.4, -0.2) is 27.3 Å². The van der Waals surface area contributed by atoms with E-state index in [-0.39, 0.29) is 10.5 Å². The predicted molar refractivity (Wildman–Crippen MR) is 159 cm³/mol. The van der Waals surface area contributed by atoms with Crippen molar-refractivity contribution in [1.29, 1.82) is 0 Å². The monoisotopic (exact) mass is 571 g/mol. The number of sulfonamides is 1. The standard InChI is InChI=1S/C32H33N3O5S/c1-22(2)29-19-10-23(3)20-30(29)40-21-24-11-13-25(14-12-24)31(36)33-34-32(37)26-15-17-28(18-16-26)41(38,39)35(4)27-8-6-5-7-9-27/h5-20,22H,21H2,1-4H3,(H,33,36)(H,34,37). The highest BCUT2D eigenvalue weighted by atomic mass is 32.2. The third-order valence-electron chi connectivity index (χ3n) is 6.59. The molecule has 8 nitrogen and oxygen atoms in total.